The third-order valence-corrected chi connectivity index (χ3v) is 4.44. The van der Waals surface area contributed by atoms with Gasteiger partial charge in [0, 0.05) is 22.7 Å². The number of rotatable bonds is 5. The average Bonchev–Trinajstić information content (AvgIpc) is 2.71. The highest BCUT2D eigenvalue weighted by Crippen LogP contribution is 2.24. The van der Waals surface area contributed by atoms with Crippen LogP contribution in [0.4, 0.5) is 11.6 Å². The molecule has 0 fully saturated rings. The van der Waals surface area contributed by atoms with Crippen LogP contribution in [0.5, 0.6) is 5.75 Å². The van der Waals surface area contributed by atoms with Crippen LogP contribution in [0.15, 0.2) is 76.6 Å². The van der Waals surface area contributed by atoms with E-state index in [1.54, 1.807) is 24.5 Å². The number of methoxy groups -OCH3 is 1. The summed E-state index contributed by atoms with van der Waals surface area (Å²) in [6.07, 6.45) is 3.22. The average molecular weight is 374 g/mol. The van der Waals surface area contributed by atoms with Crippen LogP contribution in [0, 0.1) is 0 Å². The van der Waals surface area contributed by atoms with Gasteiger partial charge in [-0.1, -0.05) is 36.4 Å². The maximum absolute atomic E-state index is 12.2. The second-order valence-electron chi connectivity index (χ2n) is 6.25. The van der Waals surface area contributed by atoms with E-state index in [4.69, 9.17) is 4.74 Å². The van der Waals surface area contributed by atoms with Crippen molar-refractivity contribution in [1.29, 1.82) is 0 Å². The Morgan fingerprint density at radius 1 is 1.04 bits per heavy atom. The molecule has 7 heteroatoms. The molecular weight excluding hydrogens is 356 g/mol. The fourth-order valence-corrected chi connectivity index (χ4v) is 3.06. The highest BCUT2D eigenvalue weighted by Gasteiger charge is 2.12. The van der Waals surface area contributed by atoms with E-state index in [0.717, 1.165) is 10.9 Å². The molecule has 2 aromatic carbocycles. The number of ether oxygens (including phenoxy) is 1. The molecule has 140 valence electrons. The standard InChI is InChI=1S/C21H18N4O3/c1-28-18-13-25(12-14-6-3-2-4-7-14)21(24-20(18)27)23-17-9-5-8-16-15(17)10-11-22-19(16)26/h2-11,13H,12H2,1H3,(H,22,26)(H,23,24,27). The maximum atomic E-state index is 12.2. The number of aromatic nitrogens is 3. The summed E-state index contributed by atoms with van der Waals surface area (Å²) in [5.41, 5.74) is 1.09. The van der Waals surface area contributed by atoms with Crippen molar-refractivity contribution in [2.45, 2.75) is 6.54 Å². The third-order valence-electron chi connectivity index (χ3n) is 4.44. The fraction of sp³-hybridized carbons (Fsp3) is 0.0952. The number of nitrogens with one attached hydrogen (secondary N) is 2. The summed E-state index contributed by atoms with van der Waals surface area (Å²) in [6.45, 7) is 0.498. The molecule has 0 saturated heterocycles. The summed E-state index contributed by atoms with van der Waals surface area (Å²) in [5, 5.41) is 4.49. The van der Waals surface area contributed by atoms with Gasteiger partial charge in [-0.15, -0.1) is 0 Å². The van der Waals surface area contributed by atoms with Gasteiger partial charge in [0.05, 0.1) is 19.9 Å². The van der Waals surface area contributed by atoms with Crippen molar-refractivity contribution in [2.24, 2.45) is 0 Å². The van der Waals surface area contributed by atoms with E-state index in [9.17, 15) is 9.59 Å². The van der Waals surface area contributed by atoms with Crippen LogP contribution in [-0.4, -0.2) is 21.6 Å². The van der Waals surface area contributed by atoms with Crippen molar-refractivity contribution in [1.82, 2.24) is 14.5 Å². The number of hydrogen-bond acceptors (Lipinski definition) is 5. The molecule has 28 heavy (non-hydrogen) atoms. The molecule has 0 unspecified atom stereocenters. The summed E-state index contributed by atoms with van der Waals surface area (Å²) in [5.74, 6) is 0.526. The second-order valence-corrected chi connectivity index (χ2v) is 6.25. The molecule has 7 nitrogen and oxygen atoms in total. The second kappa shape index (κ2) is 7.40. The van der Waals surface area contributed by atoms with Gasteiger partial charge in [0.1, 0.15) is 0 Å². The Kier molecular flexibility index (Phi) is 4.63. The van der Waals surface area contributed by atoms with E-state index in [-0.39, 0.29) is 11.3 Å². The summed E-state index contributed by atoms with van der Waals surface area (Å²) in [7, 11) is 1.44. The minimum atomic E-state index is -0.465. The van der Waals surface area contributed by atoms with Gasteiger partial charge in [0.2, 0.25) is 11.7 Å². The topological polar surface area (TPSA) is 89.0 Å². The number of nitrogens with zero attached hydrogens (tertiary/aromatic N) is 2. The lowest BCUT2D eigenvalue weighted by atomic mass is 10.1. The summed E-state index contributed by atoms with van der Waals surface area (Å²) < 4.78 is 6.95. The van der Waals surface area contributed by atoms with Crippen LogP contribution < -0.4 is 21.2 Å². The fourth-order valence-electron chi connectivity index (χ4n) is 3.06. The number of aromatic amines is 1. The largest absolute Gasteiger partial charge is 0.490 e. The molecule has 0 radical (unpaired) electrons. The molecule has 2 N–H and O–H groups in total. The molecule has 0 spiro atoms. The van der Waals surface area contributed by atoms with Gasteiger partial charge in [-0.3, -0.25) is 9.59 Å². The Morgan fingerprint density at radius 2 is 1.86 bits per heavy atom. The molecule has 2 aromatic heterocycles. The van der Waals surface area contributed by atoms with Crippen LogP contribution in [0.1, 0.15) is 5.56 Å². The predicted molar refractivity (Wildman–Crippen MR) is 108 cm³/mol. The Bertz CT molecular complexity index is 1250. The zero-order valence-electron chi connectivity index (χ0n) is 15.2. The van der Waals surface area contributed by atoms with E-state index in [1.165, 1.54) is 7.11 Å². The zero-order valence-corrected chi connectivity index (χ0v) is 15.2. The van der Waals surface area contributed by atoms with Gasteiger partial charge in [-0.2, -0.15) is 4.98 Å². The van der Waals surface area contributed by atoms with Crippen molar-refractivity contribution < 1.29 is 4.74 Å². The van der Waals surface area contributed by atoms with E-state index in [2.05, 4.69) is 15.3 Å². The molecule has 4 rings (SSSR count). The summed E-state index contributed by atoms with van der Waals surface area (Å²) >= 11 is 0. The molecule has 0 aliphatic carbocycles. The molecule has 0 atom stereocenters. The number of H-pyrrole nitrogens is 1. The molecule has 0 amide bonds. The lowest BCUT2D eigenvalue weighted by Crippen LogP contribution is -2.19. The molecular formula is C21H18N4O3. The van der Waals surface area contributed by atoms with Crippen molar-refractivity contribution in [3.8, 4) is 5.75 Å². The number of anilines is 2. The van der Waals surface area contributed by atoms with Gasteiger partial charge in [0.15, 0.2) is 0 Å². The van der Waals surface area contributed by atoms with Gasteiger partial charge in [-0.25, -0.2) is 0 Å². The summed E-state index contributed by atoms with van der Waals surface area (Å²) in [6, 6.07) is 17.0. The first-order valence-corrected chi connectivity index (χ1v) is 8.72. The first-order valence-electron chi connectivity index (χ1n) is 8.72. The van der Waals surface area contributed by atoms with Crippen LogP contribution >= 0.6 is 0 Å². The molecule has 0 aliphatic rings. The molecule has 4 aromatic rings. The molecule has 2 heterocycles. The first kappa shape index (κ1) is 17.5. The third kappa shape index (κ3) is 3.37. The van der Waals surface area contributed by atoms with E-state index < -0.39 is 5.56 Å². The van der Waals surface area contributed by atoms with E-state index in [1.807, 2.05) is 47.0 Å². The number of benzene rings is 2. The van der Waals surface area contributed by atoms with Gasteiger partial charge in [-0.05, 0) is 23.8 Å². The predicted octanol–water partition coefficient (Wildman–Crippen LogP) is 2.89. The minimum absolute atomic E-state index is 0.163. The minimum Gasteiger partial charge on any atom is -0.490 e. The Balaban J connectivity index is 1.81. The van der Waals surface area contributed by atoms with Crippen LogP contribution in [0.25, 0.3) is 10.8 Å². The Hall–Kier alpha value is -3.87. The molecule has 0 aliphatic heterocycles. The number of hydrogen-bond donors (Lipinski definition) is 2. The monoisotopic (exact) mass is 374 g/mol. The Morgan fingerprint density at radius 3 is 2.64 bits per heavy atom. The lowest BCUT2D eigenvalue weighted by Gasteiger charge is -2.16. The quantitative estimate of drug-likeness (QED) is 0.561. The number of fused-ring (bicyclic) bond motifs is 1. The summed E-state index contributed by atoms with van der Waals surface area (Å²) in [4.78, 5) is 31.1. The smallest absolute Gasteiger partial charge is 0.316 e. The van der Waals surface area contributed by atoms with Crippen molar-refractivity contribution in [3.05, 3.63) is 93.3 Å². The zero-order chi connectivity index (χ0) is 19.5. The van der Waals surface area contributed by atoms with Crippen molar-refractivity contribution in [2.75, 3.05) is 12.4 Å². The highest BCUT2D eigenvalue weighted by atomic mass is 16.5. The normalized spacial score (nSPS) is 10.8. The van der Waals surface area contributed by atoms with Crippen LogP contribution in [0.2, 0.25) is 0 Å². The van der Waals surface area contributed by atoms with E-state index in [0.29, 0.717) is 23.6 Å². The van der Waals surface area contributed by atoms with Crippen molar-refractivity contribution in [3.63, 3.8) is 0 Å². The maximum Gasteiger partial charge on any atom is 0.316 e. The molecule has 0 saturated carbocycles. The highest BCUT2D eigenvalue weighted by molar-refractivity contribution is 5.94. The SMILES string of the molecule is COc1cn(Cc2ccccc2)c(Nc2cccc3c(=O)[nH]ccc23)nc1=O. The molecule has 0 bridgehead atoms. The Labute approximate surface area is 160 Å². The first-order chi connectivity index (χ1) is 13.7. The van der Waals surface area contributed by atoms with Crippen molar-refractivity contribution >= 4 is 22.4 Å². The van der Waals surface area contributed by atoms with Gasteiger partial charge < -0.3 is 19.6 Å². The lowest BCUT2D eigenvalue weighted by molar-refractivity contribution is 0.402. The van der Waals surface area contributed by atoms with Crippen LogP contribution in [-0.2, 0) is 6.54 Å². The van der Waals surface area contributed by atoms with Crippen LogP contribution in [0.3, 0.4) is 0 Å². The van der Waals surface area contributed by atoms with Gasteiger partial charge in [0.25, 0.3) is 5.56 Å². The van der Waals surface area contributed by atoms with Gasteiger partial charge >= 0.3 is 5.56 Å². The van der Waals surface area contributed by atoms with E-state index >= 15 is 0 Å². The number of pyridine rings is 1.